The standard InChI is InChI=1S/C20H21ClN4O/c1-15(20(26)24-19-9-3-2-8-18(19)21)22-13-16-6-4-7-17(12-16)14-25-11-5-10-23-25/h2-12,15,22H,13-14H2,1H3,(H,24,26). The van der Waals surface area contributed by atoms with Crippen molar-refractivity contribution in [2.24, 2.45) is 0 Å². The minimum atomic E-state index is -0.346. The molecule has 1 amide bonds. The van der Waals surface area contributed by atoms with Gasteiger partial charge in [-0.05, 0) is 36.2 Å². The Hall–Kier alpha value is -2.63. The molecule has 2 aromatic carbocycles. The van der Waals surface area contributed by atoms with E-state index in [0.29, 0.717) is 17.3 Å². The van der Waals surface area contributed by atoms with E-state index in [4.69, 9.17) is 11.6 Å². The van der Waals surface area contributed by atoms with Crippen molar-refractivity contribution in [3.63, 3.8) is 0 Å². The lowest BCUT2D eigenvalue weighted by atomic mass is 10.1. The van der Waals surface area contributed by atoms with Gasteiger partial charge in [0.2, 0.25) is 5.91 Å². The molecule has 6 heteroatoms. The minimum Gasteiger partial charge on any atom is -0.323 e. The zero-order chi connectivity index (χ0) is 18.4. The van der Waals surface area contributed by atoms with E-state index < -0.39 is 0 Å². The number of aromatic nitrogens is 2. The molecule has 0 aliphatic rings. The molecule has 3 aromatic rings. The molecule has 0 fully saturated rings. The lowest BCUT2D eigenvalue weighted by Crippen LogP contribution is -2.37. The Morgan fingerprint density at radius 2 is 1.96 bits per heavy atom. The molecular formula is C20H21ClN4O. The molecule has 3 rings (SSSR count). The van der Waals surface area contributed by atoms with Gasteiger partial charge in [-0.1, -0.05) is 48.0 Å². The molecule has 1 aromatic heterocycles. The number of rotatable bonds is 7. The molecule has 1 unspecified atom stereocenters. The first-order valence-corrected chi connectivity index (χ1v) is 8.83. The van der Waals surface area contributed by atoms with Crippen molar-refractivity contribution in [1.82, 2.24) is 15.1 Å². The van der Waals surface area contributed by atoms with Crippen LogP contribution in [0.3, 0.4) is 0 Å². The third-order valence-corrected chi connectivity index (χ3v) is 4.36. The Balaban J connectivity index is 1.54. The number of benzene rings is 2. The first kappa shape index (κ1) is 18.2. The highest BCUT2D eigenvalue weighted by Gasteiger charge is 2.13. The highest BCUT2D eigenvalue weighted by Crippen LogP contribution is 2.20. The second-order valence-corrected chi connectivity index (χ2v) is 6.50. The second-order valence-electron chi connectivity index (χ2n) is 6.10. The van der Waals surface area contributed by atoms with Crippen LogP contribution in [0.25, 0.3) is 0 Å². The maximum atomic E-state index is 12.3. The molecule has 0 saturated heterocycles. The number of nitrogens with one attached hydrogen (secondary N) is 2. The number of para-hydroxylation sites is 1. The summed E-state index contributed by atoms with van der Waals surface area (Å²) in [5, 5.41) is 10.8. The van der Waals surface area contributed by atoms with Gasteiger partial charge in [-0.25, -0.2) is 0 Å². The maximum absolute atomic E-state index is 12.3. The Morgan fingerprint density at radius 3 is 2.73 bits per heavy atom. The van der Waals surface area contributed by atoms with Gasteiger partial charge in [-0.15, -0.1) is 0 Å². The summed E-state index contributed by atoms with van der Waals surface area (Å²) < 4.78 is 1.88. The predicted molar refractivity (Wildman–Crippen MR) is 104 cm³/mol. The molecule has 0 spiro atoms. The van der Waals surface area contributed by atoms with Gasteiger partial charge in [-0.2, -0.15) is 5.10 Å². The first-order valence-electron chi connectivity index (χ1n) is 8.46. The number of amides is 1. The van der Waals surface area contributed by atoms with Crippen molar-refractivity contribution in [3.05, 3.63) is 83.1 Å². The summed E-state index contributed by atoms with van der Waals surface area (Å²) in [4.78, 5) is 12.3. The van der Waals surface area contributed by atoms with Gasteiger partial charge in [-0.3, -0.25) is 9.48 Å². The molecule has 1 heterocycles. The lowest BCUT2D eigenvalue weighted by Gasteiger charge is -2.15. The van der Waals surface area contributed by atoms with E-state index in [2.05, 4.69) is 27.9 Å². The smallest absolute Gasteiger partial charge is 0.241 e. The summed E-state index contributed by atoms with van der Waals surface area (Å²) >= 11 is 6.08. The fourth-order valence-electron chi connectivity index (χ4n) is 2.59. The van der Waals surface area contributed by atoms with E-state index in [1.165, 1.54) is 5.56 Å². The van der Waals surface area contributed by atoms with E-state index in [1.54, 1.807) is 18.3 Å². The van der Waals surface area contributed by atoms with Crippen LogP contribution < -0.4 is 10.6 Å². The van der Waals surface area contributed by atoms with E-state index in [9.17, 15) is 4.79 Å². The maximum Gasteiger partial charge on any atom is 0.241 e. The summed E-state index contributed by atoms with van der Waals surface area (Å²) in [6.45, 7) is 3.16. The Bertz CT molecular complexity index is 864. The fourth-order valence-corrected chi connectivity index (χ4v) is 2.77. The van der Waals surface area contributed by atoms with Crippen molar-refractivity contribution >= 4 is 23.2 Å². The lowest BCUT2D eigenvalue weighted by molar-refractivity contribution is -0.117. The van der Waals surface area contributed by atoms with Crippen LogP contribution in [-0.2, 0) is 17.9 Å². The number of hydrogen-bond donors (Lipinski definition) is 2. The topological polar surface area (TPSA) is 59.0 Å². The van der Waals surface area contributed by atoms with E-state index in [-0.39, 0.29) is 11.9 Å². The molecular weight excluding hydrogens is 348 g/mol. The third kappa shape index (κ3) is 4.94. The van der Waals surface area contributed by atoms with E-state index in [0.717, 1.165) is 12.1 Å². The first-order chi connectivity index (χ1) is 12.6. The molecule has 0 radical (unpaired) electrons. The zero-order valence-electron chi connectivity index (χ0n) is 14.5. The fraction of sp³-hybridized carbons (Fsp3) is 0.200. The highest BCUT2D eigenvalue weighted by molar-refractivity contribution is 6.33. The van der Waals surface area contributed by atoms with Crippen LogP contribution in [0.2, 0.25) is 5.02 Å². The molecule has 0 bridgehead atoms. The number of carbonyl (C=O) groups excluding carboxylic acids is 1. The summed E-state index contributed by atoms with van der Waals surface area (Å²) in [7, 11) is 0. The van der Waals surface area contributed by atoms with Crippen molar-refractivity contribution in [1.29, 1.82) is 0 Å². The van der Waals surface area contributed by atoms with Crippen LogP contribution in [-0.4, -0.2) is 21.7 Å². The van der Waals surface area contributed by atoms with Gasteiger partial charge in [0.15, 0.2) is 0 Å². The highest BCUT2D eigenvalue weighted by atomic mass is 35.5. The van der Waals surface area contributed by atoms with Crippen molar-refractivity contribution < 1.29 is 4.79 Å². The number of nitrogens with zero attached hydrogens (tertiary/aromatic N) is 2. The number of halogens is 1. The number of anilines is 1. The zero-order valence-corrected chi connectivity index (χ0v) is 15.3. The van der Waals surface area contributed by atoms with Crippen molar-refractivity contribution in [2.75, 3.05) is 5.32 Å². The molecule has 2 N–H and O–H groups in total. The molecule has 0 aliphatic carbocycles. The number of hydrogen-bond acceptors (Lipinski definition) is 3. The second kappa shape index (κ2) is 8.65. The molecule has 0 saturated carbocycles. The van der Waals surface area contributed by atoms with Gasteiger partial charge in [0.05, 0.1) is 23.3 Å². The van der Waals surface area contributed by atoms with Crippen LogP contribution in [0.15, 0.2) is 67.0 Å². The van der Waals surface area contributed by atoms with E-state index >= 15 is 0 Å². The minimum absolute atomic E-state index is 0.120. The molecule has 26 heavy (non-hydrogen) atoms. The van der Waals surface area contributed by atoms with Gasteiger partial charge in [0.25, 0.3) is 0 Å². The Kier molecular flexibility index (Phi) is 6.04. The van der Waals surface area contributed by atoms with Gasteiger partial charge in [0, 0.05) is 18.9 Å². The van der Waals surface area contributed by atoms with Crippen LogP contribution >= 0.6 is 11.6 Å². The largest absolute Gasteiger partial charge is 0.323 e. The normalized spacial score (nSPS) is 11.9. The number of carbonyl (C=O) groups is 1. The van der Waals surface area contributed by atoms with Gasteiger partial charge >= 0.3 is 0 Å². The summed E-state index contributed by atoms with van der Waals surface area (Å²) in [5.74, 6) is -0.120. The summed E-state index contributed by atoms with van der Waals surface area (Å²) in [6, 6.07) is 17.0. The van der Waals surface area contributed by atoms with Crippen LogP contribution in [0.1, 0.15) is 18.1 Å². The quantitative estimate of drug-likeness (QED) is 0.668. The van der Waals surface area contributed by atoms with Crippen LogP contribution in [0.5, 0.6) is 0 Å². The monoisotopic (exact) mass is 368 g/mol. The predicted octanol–water partition coefficient (Wildman–Crippen LogP) is 3.70. The van der Waals surface area contributed by atoms with Crippen molar-refractivity contribution in [2.45, 2.75) is 26.1 Å². The Morgan fingerprint density at radius 1 is 1.15 bits per heavy atom. The van der Waals surface area contributed by atoms with E-state index in [1.807, 2.05) is 48.1 Å². The average molecular weight is 369 g/mol. The Labute approximate surface area is 158 Å². The van der Waals surface area contributed by atoms with Crippen molar-refractivity contribution in [3.8, 4) is 0 Å². The molecule has 134 valence electrons. The molecule has 5 nitrogen and oxygen atoms in total. The van der Waals surface area contributed by atoms with Crippen LogP contribution in [0, 0.1) is 0 Å². The van der Waals surface area contributed by atoms with Gasteiger partial charge in [0.1, 0.15) is 0 Å². The third-order valence-electron chi connectivity index (χ3n) is 4.03. The van der Waals surface area contributed by atoms with Gasteiger partial charge < -0.3 is 10.6 Å². The summed E-state index contributed by atoms with van der Waals surface area (Å²) in [6.07, 6.45) is 3.71. The molecule has 0 aliphatic heterocycles. The molecule has 1 atom stereocenters. The summed E-state index contributed by atoms with van der Waals surface area (Å²) in [5.41, 5.74) is 2.90. The average Bonchev–Trinajstić information content (AvgIpc) is 3.15. The van der Waals surface area contributed by atoms with Crippen LogP contribution in [0.4, 0.5) is 5.69 Å². The SMILES string of the molecule is CC(NCc1cccc(Cn2cccn2)c1)C(=O)Nc1ccccc1Cl.